The monoisotopic (exact) mass is 469 g/mol. The van der Waals surface area contributed by atoms with Crippen LogP contribution in [0.5, 0.6) is 0 Å². The first kappa shape index (κ1) is 22.8. The van der Waals surface area contributed by atoms with E-state index in [2.05, 4.69) is 9.62 Å². The summed E-state index contributed by atoms with van der Waals surface area (Å²) in [6.45, 7) is 4.39. The first-order valence-electron chi connectivity index (χ1n) is 10.6. The molecule has 0 radical (unpaired) electrons. The molecule has 0 unspecified atom stereocenters. The average molecular weight is 470 g/mol. The molecule has 1 saturated heterocycles. The molecule has 1 amide bonds. The van der Waals surface area contributed by atoms with E-state index in [0.717, 1.165) is 13.1 Å². The number of carbonyl (C=O) groups excluding carboxylic acids is 1. The van der Waals surface area contributed by atoms with E-state index in [1.54, 1.807) is 53.9 Å². The van der Waals surface area contributed by atoms with Crippen molar-refractivity contribution in [2.24, 2.45) is 7.05 Å². The molecule has 0 aliphatic carbocycles. The number of likely N-dealkylation sites (N-methyl/N-ethyl adjacent to an activating group) is 1. The fourth-order valence-corrected chi connectivity index (χ4v) is 5.03. The van der Waals surface area contributed by atoms with Gasteiger partial charge in [0.2, 0.25) is 0 Å². The number of hydrogen-bond acceptors (Lipinski definition) is 5. The minimum absolute atomic E-state index is 0.0304. The Morgan fingerprint density at radius 2 is 1.61 bits per heavy atom. The number of carbonyl (C=O) groups is 1. The summed E-state index contributed by atoms with van der Waals surface area (Å²) in [6, 6.07) is 14.9. The van der Waals surface area contributed by atoms with E-state index in [4.69, 9.17) is 0 Å². The summed E-state index contributed by atoms with van der Waals surface area (Å²) in [5.41, 5.74) is 0.885. The number of rotatable bonds is 5. The van der Waals surface area contributed by atoms with Crippen LogP contribution in [0.15, 0.2) is 64.3 Å². The Labute approximate surface area is 192 Å². The van der Waals surface area contributed by atoms with Gasteiger partial charge in [-0.1, -0.05) is 24.3 Å². The van der Waals surface area contributed by atoms with Crippen LogP contribution in [0.2, 0.25) is 0 Å². The van der Waals surface area contributed by atoms with Crippen molar-refractivity contribution in [3.05, 3.63) is 76.2 Å². The maximum Gasteiger partial charge on any atom is 0.296 e. The van der Waals surface area contributed by atoms with Gasteiger partial charge in [0.05, 0.1) is 16.3 Å². The van der Waals surface area contributed by atoms with Crippen LogP contribution < -0.4 is 10.3 Å². The van der Waals surface area contributed by atoms with E-state index in [9.17, 15) is 18.0 Å². The van der Waals surface area contributed by atoms with Gasteiger partial charge < -0.3 is 9.80 Å². The van der Waals surface area contributed by atoms with E-state index in [-0.39, 0.29) is 16.5 Å². The highest BCUT2D eigenvalue weighted by Gasteiger charge is 2.25. The van der Waals surface area contributed by atoms with Crippen molar-refractivity contribution in [2.75, 3.05) is 37.9 Å². The van der Waals surface area contributed by atoms with Crippen LogP contribution in [0.3, 0.4) is 0 Å². The van der Waals surface area contributed by atoms with Gasteiger partial charge in [-0.05, 0) is 44.3 Å². The fraction of sp³-hybridized carbons (Fsp3) is 0.304. The van der Waals surface area contributed by atoms with Crippen LogP contribution in [-0.4, -0.2) is 66.7 Å². The standard InChI is InChI=1S/C23H27N5O4S/c1-17-21(23(30)28(26(17)3)19-9-5-4-6-10-19)24-33(31,32)20-11-7-8-18(16-20)22(29)27-14-12-25(2)13-15-27/h4-11,16,24H,12-15H2,1-3H3. The fourth-order valence-electron chi connectivity index (χ4n) is 3.87. The molecule has 2 aromatic carbocycles. The lowest BCUT2D eigenvalue weighted by atomic mass is 10.2. The molecule has 1 aliphatic heterocycles. The molecule has 1 fully saturated rings. The van der Waals surface area contributed by atoms with Crippen LogP contribution in [0, 0.1) is 6.92 Å². The van der Waals surface area contributed by atoms with E-state index < -0.39 is 15.6 Å². The van der Waals surface area contributed by atoms with Crippen molar-refractivity contribution in [1.82, 2.24) is 19.2 Å². The largest absolute Gasteiger partial charge is 0.336 e. The SMILES string of the molecule is Cc1c(NS(=O)(=O)c2cccc(C(=O)N3CCN(C)CC3)c2)c(=O)n(-c2ccccc2)n1C. The van der Waals surface area contributed by atoms with Crippen LogP contribution >= 0.6 is 0 Å². The van der Waals surface area contributed by atoms with Gasteiger partial charge in [0, 0.05) is 38.8 Å². The third kappa shape index (κ3) is 4.44. The topological polar surface area (TPSA) is 96.7 Å². The lowest BCUT2D eigenvalue weighted by molar-refractivity contribution is 0.0664. The predicted molar refractivity (Wildman–Crippen MR) is 126 cm³/mol. The first-order valence-corrected chi connectivity index (χ1v) is 12.1. The molecule has 174 valence electrons. The maximum atomic E-state index is 13.2. The first-order chi connectivity index (χ1) is 15.7. The Bertz CT molecular complexity index is 1340. The number of hydrogen-bond donors (Lipinski definition) is 1. The number of nitrogens with one attached hydrogen (secondary N) is 1. The molecule has 2 heterocycles. The zero-order valence-electron chi connectivity index (χ0n) is 18.9. The van der Waals surface area contributed by atoms with Crippen molar-refractivity contribution in [3.8, 4) is 5.69 Å². The summed E-state index contributed by atoms with van der Waals surface area (Å²) < 4.78 is 31.8. The van der Waals surface area contributed by atoms with Gasteiger partial charge >= 0.3 is 0 Å². The highest BCUT2D eigenvalue weighted by molar-refractivity contribution is 7.92. The summed E-state index contributed by atoms with van der Waals surface area (Å²) >= 11 is 0. The average Bonchev–Trinajstić information content (AvgIpc) is 3.02. The number of sulfonamides is 1. The van der Waals surface area contributed by atoms with Gasteiger partial charge in [0.1, 0.15) is 5.69 Å². The summed E-state index contributed by atoms with van der Waals surface area (Å²) in [7, 11) is -0.406. The van der Waals surface area contributed by atoms with Crippen molar-refractivity contribution >= 4 is 21.6 Å². The summed E-state index contributed by atoms with van der Waals surface area (Å²) in [4.78, 5) is 29.8. The zero-order chi connectivity index (χ0) is 23.8. The minimum atomic E-state index is -4.10. The summed E-state index contributed by atoms with van der Waals surface area (Å²) in [6.07, 6.45) is 0. The number of benzene rings is 2. The third-order valence-electron chi connectivity index (χ3n) is 5.97. The van der Waals surface area contributed by atoms with Crippen molar-refractivity contribution in [2.45, 2.75) is 11.8 Å². The second-order valence-electron chi connectivity index (χ2n) is 8.17. The van der Waals surface area contributed by atoms with Gasteiger partial charge in [0.25, 0.3) is 21.5 Å². The quantitative estimate of drug-likeness (QED) is 0.613. The summed E-state index contributed by atoms with van der Waals surface area (Å²) in [5.74, 6) is -0.206. The smallest absolute Gasteiger partial charge is 0.296 e. The third-order valence-corrected chi connectivity index (χ3v) is 7.32. The predicted octanol–water partition coefficient (Wildman–Crippen LogP) is 1.67. The molecule has 0 spiro atoms. The molecule has 1 aliphatic rings. The molecule has 9 nitrogen and oxygen atoms in total. The molecule has 0 atom stereocenters. The van der Waals surface area contributed by atoms with E-state index in [1.807, 2.05) is 13.1 Å². The van der Waals surface area contributed by atoms with E-state index in [0.29, 0.717) is 30.0 Å². The number of anilines is 1. The molecule has 3 aromatic rings. The van der Waals surface area contributed by atoms with Crippen LogP contribution in [0.1, 0.15) is 16.1 Å². The molecule has 1 N–H and O–H groups in total. The second kappa shape index (κ2) is 8.87. The Morgan fingerprint density at radius 3 is 2.27 bits per heavy atom. The van der Waals surface area contributed by atoms with Gasteiger partial charge in [-0.3, -0.25) is 19.0 Å². The normalized spacial score (nSPS) is 14.9. The van der Waals surface area contributed by atoms with Gasteiger partial charge in [-0.15, -0.1) is 0 Å². The van der Waals surface area contributed by atoms with Crippen LogP contribution in [-0.2, 0) is 17.1 Å². The van der Waals surface area contributed by atoms with Crippen molar-refractivity contribution in [3.63, 3.8) is 0 Å². The van der Waals surface area contributed by atoms with Crippen LogP contribution in [0.25, 0.3) is 5.69 Å². The lowest BCUT2D eigenvalue weighted by Gasteiger charge is -2.32. The zero-order valence-corrected chi connectivity index (χ0v) is 19.7. The van der Waals surface area contributed by atoms with Gasteiger partial charge in [0.15, 0.2) is 0 Å². The highest BCUT2D eigenvalue weighted by Crippen LogP contribution is 2.20. The Morgan fingerprint density at radius 1 is 0.939 bits per heavy atom. The maximum absolute atomic E-state index is 13.2. The van der Waals surface area contributed by atoms with E-state index >= 15 is 0 Å². The lowest BCUT2D eigenvalue weighted by Crippen LogP contribution is -2.47. The highest BCUT2D eigenvalue weighted by atomic mass is 32.2. The molecule has 33 heavy (non-hydrogen) atoms. The molecular weight excluding hydrogens is 442 g/mol. The molecule has 10 heteroatoms. The van der Waals surface area contributed by atoms with E-state index in [1.165, 1.54) is 22.9 Å². The number of piperazine rings is 1. The molecule has 0 bridgehead atoms. The second-order valence-corrected chi connectivity index (χ2v) is 9.85. The number of nitrogens with zero attached hydrogens (tertiary/aromatic N) is 4. The Hall–Kier alpha value is -3.37. The van der Waals surface area contributed by atoms with Gasteiger partial charge in [-0.2, -0.15) is 0 Å². The number of amides is 1. The Kier molecular flexibility index (Phi) is 6.13. The van der Waals surface area contributed by atoms with Crippen LogP contribution in [0.4, 0.5) is 5.69 Å². The van der Waals surface area contributed by atoms with Gasteiger partial charge in [-0.25, -0.2) is 13.1 Å². The molecule has 1 aromatic heterocycles. The minimum Gasteiger partial charge on any atom is -0.336 e. The molecule has 0 saturated carbocycles. The Balaban J connectivity index is 1.64. The van der Waals surface area contributed by atoms with Crippen molar-refractivity contribution in [1.29, 1.82) is 0 Å². The summed E-state index contributed by atoms with van der Waals surface area (Å²) in [5, 5.41) is 0. The molecule has 4 rings (SSSR count). The number of aromatic nitrogens is 2. The molecular formula is C23H27N5O4S. The van der Waals surface area contributed by atoms with Crippen molar-refractivity contribution < 1.29 is 13.2 Å². The number of para-hydroxylation sites is 1.